The van der Waals surface area contributed by atoms with Crippen molar-refractivity contribution >= 4 is 15.7 Å². The second-order valence-electron chi connectivity index (χ2n) is 4.89. The molecule has 0 radical (unpaired) electrons. The van der Waals surface area contributed by atoms with Gasteiger partial charge in [-0.25, -0.2) is 17.2 Å². The van der Waals surface area contributed by atoms with Gasteiger partial charge in [0.1, 0.15) is 16.5 Å². The Hall–Kier alpha value is -1.21. The minimum atomic E-state index is -3.94. The topological polar surface area (TPSA) is 63.4 Å². The van der Waals surface area contributed by atoms with Crippen LogP contribution in [0.2, 0.25) is 0 Å². The number of anilines is 1. The molecule has 0 unspecified atom stereocenters. The molecule has 0 bridgehead atoms. The Labute approximate surface area is 111 Å². The van der Waals surface area contributed by atoms with Crippen molar-refractivity contribution in [1.29, 1.82) is 0 Å². The third-order valence-electron chi connectivity index (χ3n) is 3.41. The van der Waals surface area contributed by atoms with Gasteiger partial charge in [0.25, 0.3) is 0 Å². The van der Waals surface area contributed by atoms with E-state index < -0.39 is 26.6 Å². The van der Waals surface area contributed by atoms with E-state index in [1.807, 2.05) is 6.92 Å². The van der Waals surface area contributed by atoms with Crippen LogP contribution in [0.4, 0.5) is 14.5 Å². The summed E-state index contributed by atoms with van der Waals surface area (Å²) >= 11 is 0. The molecular weight excluding hydrogens is 274 g/mol. The molecule has 1 aliphatic heterocycles. The van der Waals surface area contributed by atoms with E-state index in [1.165, 1.54) is 4.31 Å². The van der Waals surface area contributed by atoms with Gasteiger partial charge in [-0.3, -0.25) is 0 Å². The van der Waals surface area contributed by atoms with Crippen molar-refractivity contribution < 1.29 is 17.2 Å². The molecule has 0 atom stereocenters. The summed E-state index contributed by atoms with van der Waals surface area (Å²) in [4.78, 5) is -0.555. The van der Waals surface area contributed by atoms with Crippen LogP contribution >= 0.6 is 0 Å². The summed E-state index contributed by atoms with van der Waals surface area (Å²) in [5.41, 5.74) is 4.94. The Bertz CT molecular complexity index is 582. The van der Waals surface area contributed by atoms with E-state index in [0.717, 1.165) is 18.9 Å². The number of nitrogen functional groups attached to an aromatic ring is 1. The fraction of sp³-hybridized carbons (Fsp3) is 0.500. The summed E-state index contributed by atoms with van der Waals surface area (Å²) in [5, 5.41) is 0. The number of nitrogens with zero attached hydrogens (tertiary/aromatic N) is 1. The quantitative estimate of drug-likeness (QED) is 0.847. The highest BCUT2D eigenvalue weighted by molar-refractivity contribution is 7.89. The first-order valence-corrected chi connectivity index (χ1v) is 7.51. The molecule has 106 valence electrons. The summed E-state index contributed by atoms with van der Waals surface area (Å²) in [7, 11) is -3.94. The van der Waals surface area contributed by atoms with Gasteiger partial charge in [0, 0.05) is 19.2 Å². The van der Waals surface area contributed by atoms with E-state index in [1.54, 1.807) is 0 Å². The minimum Gasteiger partial charge on any atom is -0.396 e. The molecule has 1 aromatic carbocycles. The average molecular weight is 290 g/mol. The van der Waals surface area contributed by atoms with Gasteiger partial charge < -0.3 is 5.73 Å². The van der Waals surface area contributed by atoms with Crippen molar-refractivity contribution in [2.75, 3.05) is 18.8 Å². The predicted octanol–water partition coefficient (Wildman–Crippen LogP) is 1.97. The number of halogens is 2. The molecular formula is C12H16F2N2O2S. The Morgan fingerprint density at radius 3 is 2.37 bits per heavy atom. The zero-order valence-electron chi connectivity index (χ0n) is 10.6. The van der Waals surface area contributed by atoms with Crippen LogP contribution in [0.15, 0.2) is 17.0 Å². The lowest BCUT2D eigenvalue weighted by Gasteiger charge is -2.29. The summed E-state index contributed by atoms with van der Waals surface area (Å²) < 4.78 is 52.5. The Balaban J connectivity index is 2.37. The van der Waals surface area contributed by atoms with Crippen molar-refractivity contribution in [3.8, 4) is 0 Å². The summed E-state index contributed by atoms with van der Waals surface area (Å²) in [5.74, 6) is -1.61. The number of hydrogen-bond acceptors (Lipinski definition) is 3. The van der Waals surface area contributed by atoms with Gasteiger partial charge in [0.2, 0.25) is 10.0 Å². The first kappa shape index (κ1) is 14.2. The molecule has 1 fully saturated rings. The Kier molecular flexibility index (Phi) is 3.78. The number of piperidine rings is 1. The van der Waals surface area contributed by atoms with Crippen LogP contribution < -0.4 is 5.73 Å². The smallest absolute Gasteiger partial charge is 0.246 e. The molecule has 7 heteroatoms. The minimum absolute atomic E-state index is 0.347. The number of sulfonamides is 1. The molecule has 1 aliphatic rings. The molecule has 0 spiro atoms. The molecule has 0 amide bonds. The number of hydrogen-bond donors (Lipinski definition) is 1. The maximum atomic E-state index is 13.7. The Morgan fingerprint density at radius 2 is 1.79 bits per heavy atom. The molecule has 0 aliphatic carbocycles. The Morgan fingerprint density at radius 1 is 1.21 bits per heavy atom. The van der Waals surface area contributed by atoms with Crippen LogP contribution in [0.1, 0.15) is 19.8 Å². The van der Waals surface area contributed by atoms with Gasteiger partial charge in [-0.05, 0) is 24.8 Å². The monoisotopic (exact) mass is 290 g/mol. The highest BCUT2D eigenvalue weighted by Gasteiger charge is 2.30. The fourth-order valence-electron chi connectivity index (χ4n) is 2.11. The maximum Gasteiger partial charge on any atom is 0.246 e. The number of benzene rings is 1. The third kappa shape index (κ3) is 2.71. The maximum absolute atomic E-state index is 13.7. The van der Waals surface area contributed by atoms with E-state index in [-0.39, 0.29) is 5.69 Å². The molecule has 0 saturated carbocycles. The SMILES string of the molecule is CC1CCN(S(=O)(=O)c2cc(N)c(F)cc2F)CC1. The lowest BCUT2D eigenvalue weighted by Crippen LogP contribution is -2.38. The van der Waals surface area contributed by atoms with Crippen LogP contribution in [0.3, 0.4) is 0 Å². The highest BCUT2D eigenvalue weighted by Crippen LogP contribution is 2.27. The molecule has 0 aromatic heterocycles. The van der Waals surface area contributed by atoms with Gasteiger partial charge in [0.15, 0.2) is 0 Å². The lowest BCUT2D eigenvalue weighted by molar-refractivity contribution is 0.287. The van der Waals surface area contributed by atoms with Crippen molar-refractivity contribution in [2.45, 2.75) is 24.7 Å². The van der Waals surface area contributed by atoms with E-state index >= 15 is 0 Å². The van der Waals surface area contributed by atoms with E-state index in [0.29, 0.717) is 25.1 Å². The van der Waals surface area contributed by atoms with Crippen LogP contribution in [0, 0.1) is 17.6 Å². The summed E-state index contributed by atoms with van der Waals surface area (Å²) in [6.45, 7) is 2.74. The normalized spacial score (nSPS) is 18.7. The van der Waals surface area contributed by atoms with Gasteiger partial charge in [-0.2, -0.15) is 4.31 Å². The zero-order chi connectivity index (χ0) is 14.2. The van der Waals surface area contributed by atoms with Gasteiger partial charge >= 0.3 is 0 Å². The van der Waals surface area contributed by atoms with Crippen molar-refractivity contribution in [3.63, 3.8) is 0 Å². The van der Waals surface area contributed by atoms with E-state index in [4.69, 9.17) is 5.73 Å². The molecule has 4 nitrogen and oxygen atoms in total. The second-order valence-corrected chi connectivity index (χ2v) is 6.80. The summed E-state index contributed by atoms with van der Waals surface area (Å²) in [6, 6.07) is 1.35. The fourth-order valence-corrected chi connectivity index (χ4v) is 3.66. The first-order valence-electron chi connectivity index (χ1n) is 6.07. The van der Waals surface area contributed by atoms with Crippen LogP contribution in [-0.4, -0.2) is 25.8 Å². The molecule has 2 N–H and O–H groups in total. The zero-order valence-corrected chi connectivity index (χ0v) is 11.4. The largest absolute Gasteiger partial charge is 0.396 e. The molecule has 19 heavy (non-hydrogen) atoms. The van der Waals surface area contributed by atoms with Crippen LogP contribution in [0.5, 0.6) is 0 Å². The number of rotatable bonds is 2. The van der Waals surface area contributed by atoms with Gasteiger partial charge in [0.05, 0.1) is 5.69 Å². The lowest BCUT2D eigenvalue weighted by atomic mass is 10.0. The third-order valence-corrected chi connectivity index (χ3v) is 5.33. The average Bonchev–Trinajstić information content (AvgIpc) is 2.34. The molecule has 1 aromatic rings. The highest BCUT2D eigenvalue weighted by atomic mass is 32.2. The number of nitrogens with two attached hydrogens (primary N) is 1. The van der Waals surface area contributed by atoms with E-state index in [9.17, 15) is 17.2 Å². The molecule has 2 rings (SSSR count). The van der Waals surface area contributed by atoms with Crippen molar-refractivity contribution in [2.24, 2.45) is 5.92 Å². The second kappa shape index (κ2) is 5.05. The van der Waals surface area contributed by atoms with E-state index in [2.05, 4.69) is 0 Å². The van der Waals surface area contributed by atoms with Crippen LogP contribution in [0.25, 0.3) is 0 Å². The van der Waals surface area contributed by atoms with Gasteiger partial charge in [-0.1, -0.05) is 6.92 Å². The summed E-state index contributed by atoms with van der Waals surface area (Å²) in [6.07, 6.45) is 1.47. The molecule has 1 saturated heterocycles. The van der Waals surface area contributed by atoms with Crippen molar-refractivity contribution in [1.82, 2.24) is 4.31 Å². The standard InChI is InChI=1S/C12H16F2N2O2S/c1-8-2-4-16(5-3-8)19(17,18)12-7-11(15)9(13)6-10(12)14/h6-8H,2-5,15H2,1H3. The molecule has 1 heterocycles. The predicted molar refractivity (Wildman–Crippen MR) is 67.9 cm³/mol. The first-order chi connectivity index (χ1) is 8.82. The van der Waals surface area contributed by atoms with Crippen LogP contribution in [-0.2, 0) is 10.0 Å². The van der Waals surface area contributed by atoms with Crippen molar-refractivity contribution in [3.05, 3.63) is 23.8 Å². The van der Waals surface area contributed by atoms with Gasteiger partial charge in [-0.15, -0.1) is 0 Å².